The normalized spacial score (nSPS) is 10.9. The number of aromatic nitrogens is 2. The van der Waals surface area contributed by atoms with Crippen molar-refractivity contribution in [3.8, 4) is 5.69 Å². The van der Waals surface area contributed by atoms with Crippen molar-refractivity contribution in [2.24, 2.45) is 5.73 Å². The highest BCUT2D eigenvalue weighted by atomic mass is 15.3. The summed E-state index contributed by atoms with van der Waals surface area (Å²) in [6.07, 6.45) is 0. The second-order valence-corrected chi connectivity index (χ2v) is 4.64. The molecular weight excluding hydrogens is 210 g/mol. The Morgan fingerprint density at radius 3 is 2.12 bits per heavy atom. The molecule has 3 heteroatoms. The molecule has 2 aromatic rings. The first kappa shape index (κ1) is 11.9. The lowest BCUT2D eigenvalue weighted by atomic mass is 10.1. The minimum absolute atomic E-state index is 0.484. The fourth-order valence-corrected chi connectivity index (χ4v) is 2.37. The van der Waals surface area contributed by atoms with Gasteiger partial charge in [-0.3, -0.25) is 0 Å². The average Bonchev–Trinajstić information content (AvgIpc) is 2.59. The van der Waals surface area contributed by atoms with Gasteiger partial charge < -0.3 is 5.73 Å². The number of hydrogen-bond donors (Lipinski definition) is 1. The Kier molecular flexibility index (Phi) is 3.03. The number of nitrogens with two attached hydrogens (primary N) is 1. The van der Waals surface area contributed by atoms with Crippen molar-refractivity contribution in [1.82, 2.24) is 9.78 Å². The van der Waals surface area contributed by atoms with Crippen molar-refractivity contribution < 1.29 is 0 Å². The van der Waals surface area contributed by atoms with Gasteiger partial charge in [0.15, 0.2) is 0 Å². The molecule has 1 heterocycles. The maximum absolute atomic E-state index is 5.63. The summed E-state index contributed by atoms with van der Waals surface area (Å²) in [7, 11) is 0. The lowest BCUT2D eigenvalue weighted by molar-refractivity contribution is 0.802. The molecule has 0 bridgehead atoms. The van der Waals surface area contributed by atoms with Gasteiger partial charge in [-0.05, 0) is 44.9 Å². The maximum Gasteiger partial charge on any atom is 0.0767 e. The van der Waals surface area contributed by atoms with E-state index in [-0.39, 0.29) is 0 Å². The monoisotopic (exact) mass is 229 g/mol. The van der Waals surface area contributed by atoms with E-state index in [1.165, 1.54) is 22.4 Å². The van der Waals surface area contributed by atoms with E-state index in [1.54, 1.807) is 0 Å². The van der Waals surface area contributed by atoms with E-state index in [0.29, 0.717) is 6.54 Å². The Balaban J connectivity index is 2.63. The topological polar surface area (TPSA) is 43.8 Å². The molecule has 0 spiro atoms. The first-order valence-corrected chi connectivity index (χ1v) is 5.86. The fraction of sp³-hybridized carbons (Fsp3) is 0.357. The van der Waals surface area contributed by atoms with Crippen LogP contribution in [0.3, 0.4) is 0 Å². The molecule has 0 atom stereocenters. The molecule has 0 aliphatic carbocycles. The number of hydrogen-bond acceptors (Lipinski definition) is 2. The maximum atomic E-state index is 5.63. The highest BCUT2D eigenvalue weighted by Gasteiger charge is 2.10. The van der Waals surface area contributed by atoms with Crippen LogP contribution in [0.2, 0.25) is 0 Å². The summed E-state index contributed by atoms with van der Waals surface area (Å²) < 4.78 is 1.99. The van der Waals surface area contributed by atoms with Crippen molar-refractivity contribution in [1.29, 1.82) is 0 Å². The number of rotatable bonds is 2. The van der Waals surface area contributed by atoms with Gasteiger partial charge in [0, 0.05) is 12.2 Å². The van der Waals surface area contributed by atoms with Crippen LogP contribution < -0.4 is 5.73 Å². The van der Waals surface area contributed by atoms with Gasteiger partial charge >= 0.3 is 0 Å². The van der Waals surface area contributed by atoms with E-state index in [2.05, 4.69) is 44.9 Å². The molecule has 2 N–H and O–H groups in total. The summed E-state index contributed by atoms with van der Waals surface area (Å²) in [6, 6.07) is 6.41. The summed E-state index contributed by atoms with van der Waals surface area (Å²) in [5, 5.41) is 4.54. The lowest BCUT2D eigenvalue weighted by Crippen LogP contribution is -2.06. The van der Waals surface area contributed by atoms with Gasteiger partial charge in [0.2, 0.25) is 0 Å². The van der Waals surface area contributed by atoms with Crippen molar-refractivity contribution in [2.75, 3.05) is 0 Å². The molecule has 2 rings (SSSR count). The minimum atomic E-state index is 0.484. The Labute approximate surface area is 102 Å². The van der Waals surface area contributed by atoms with Crippen LogP contribution >= 0.6 is 0 Å². The third-order valence-corrected chi connectivity index (χ3v) is 2.99. The molecule has 90 valence electrons. The third kappa shape index (κ3) is 2.11. The summed E-state index contributed by atoms with van der Waals surface area (Å²) in [5.74, 6) is 0. The Hall–Kier alpha value is -1.61. The Morgan fingerprint density at radius 2 is 1.65 bits per heavy atom. The summed E-state index contributed by atoms with van der Waals surface area (Å²) in [5.41, 5.74) is 12.6. The van der Waals surface area contributed by atoms with Crippen molar-refractivity contribution in [3.63, 3.8) is 0 Å². The van der Waals surface area contributed by atoms with E-state index >= 15 is 0 Å². The van der Waals surface area contributed by atoms with Crippen molar-refractivity contribution >= 4 is 0 Å². The number of benzene rings is 1. The molecular formula is C14H19N3. The fourth-order valence-electron chi connectivity index (χ4n) is 2.37. The highest BCUT2D eigenvalue weighted by molar-refractivity contribution is 5.49. The molecule has 0 radical (unpaired) electrons. The average molecular weight is 229 g/mol. The molecule has 0 fully saturated rings. The Morgan fingerprint density at radius 1 is 1.06 bits per heavy atom. The first-order chi connectivity index (χ1) is 8.02. The van der Waals surface area contributed by atoms with Gasteiger partial charge in [0.05, 0.1) is 11.4 Å². The smallest absolute Gasteiger partial charge is 0.0767 e. The minimum Gasteiger partial charge on any atom is -0.325 e. The number of nitrogens with zero attached hydrogens (tertiary/aromatic N) is 2. The van der Waals surface area contributed by atoms with Crippen LogP contribution in [0.4, 0.5) is 0 Å². The van der Waals surface area contributed by atoms with Gasteiger partial charge in [-0.15, -0.1) is 0 Å². The van der Waals surface area contributed by atoms with Crippen LogP contribution in [0.1, 0.15) is 28.1 Å². The zero-order chi connectivity index (χ0) is 12.6. The molecule has 0 aliphatic heterocycles. The number of aryl methyl sites for hydroxylation is 4. The van der Waals surface area contributed by atoms with Gasteiger partial charge in [0.25, 0.3) is 0 Å². The van der Waals surface area contributed by atoms with Crippen LogP contribution in [0.5, 0.6) is 0 Å². The summed E-state index contributed by atoms with van der Waals surface area (Å²) in [4.78, 5) is 0. The molecule has 1 aromatic heterocycles. The van der Waals surface area contributed by atoms with Gasteiger partial charge in [-0.2, -0.15) is 5.10 Å². The van der Waals surface area contributed by atoms with E-state index in [9.17, 15) is 0 Å². The summed E-state index contributed by atoms with van der Waals surface area (Å²) in [6.45, 7) is 8.91. The predicted molar refractivity (Wildman–Crippen MR) is 70.4 cm³/mol. The summed E-state index contributed by atoms with van der Waals surface area (Å²) >= 11 is 0. The van der Waals surface area contributed by atoms with Crippen LogP contribution in [0, 0.1) is 27.7 Å². The van der Waals surface area contributed by atoms with Crippen LogP contribution in [0.15, 0.2) is 18.2 Å². The molecule has 1 aromatic carbocycles. The van der Waals surface area contributed by atoms with Crippen LogP contribution in [0.25, 0.3) is 5.69 Å². The molecule has 0 saturated heterocycles. The zero-order valence-corrected chi connectivity index (χ0v) is 10.9. The highest BCUT2D eigenvalue weighted by Crippen LogP contribution is 2.22. The lowest BCUT2D eigenvalue weighted by Gasteiger charge is -2.12. The molecule has 0 unspecified atom stereocenters. The SMILES string of the molecule is Cc1cc(C)c(-n2nc(CN)cc2C)c(C)c1. The van der Waals surface area contributed by atoms with E-state index in [4.69, 9.17) is 5.73 Å². The standard InChI is InChI=1S/C14H19N3/c1-9-5-10(2)14(11(3)6-9)17-12(4)7-13(8-15)16-17/h5-7H,8,15H2,1-4H3. The van der Waals surface area contributed by atoms with Gasteiger partial charge in [0.1, 0.15) is 0 Å². The molecule has 17 heavy (non-hydrogen) atoms. The van der Waals surface area contributed by atoms with Crippen LogP contribution in [-0.2, 0) is 6.54 Å². The van der Waals surface area contributed by atoms with Crippen LogP contribution in [-0.4, -0.2) is 9.78 Å². The quantitative estimate of drug-likeness (QED) is 0.860. The van der Waals surface area contributed by atoms with Crippen molar-refractivity contribution in [3.05, 3.63) is 46.3 Å². The van der Waals surface area contributed by atoms with E-state index in [0.717, 1.165) is 11.4 Å². The Bertz CT molecular complexity index is 530. The van der Waals surface area contributed by atoms with Gasteiger partial charge in [-0.25, -0.2) is 4.68 Å². The zero-order valence-electron chi connectivity index (χ0n) is 10.9. The van der Waals surface area contributed by atoms with Gasteiger partial charge in [-0.1, -0.05) is 17.7 Å². The van der Waals surface area contributed by atoms with E-state index in [1.807, 2.05) is 10.7 Å². The largest absolute Gasteiger partial charge is 0.325 e. The molecule has 0 aliphatic rings. The van der Waals surface area contributed by atoms with E-state index < -0.39 is 0 Å². The molecule has 0 saturated carbocycles. The third-order valence-electron chi connectivity index (χ3n) is 2.99. The predicted octanol–water partition coefficient (Wildman–Crippen LogP) is 2.56. The molecule has 0 amide bonds. The first-order valence-electron chi connectivity index (χ1n) is 5.86. The molecule has 3 nitrogen and oxygen atoms in total. The second-order valence-electron chi connectivity index (χ2n) is 4.64. The second kappa shape index (κ2) is 4.34. The van der Waals surface area contributed by atoms with Crippen molar-refractivity contribution in [2.45, 2.75) is 34.2 Å².